The van der Waals surface area contributed by atoms with Crippen LogP contribution in [0.1, 0.15) is 21.2 Å². The normalized spacial score (nSPS) is 11.3. The van der Waals surface area contributed by atoms with Gasteiger partial charge < -0.3 is 25.8 Å². The Morgan fingerprint density at radius 3 is 2.06 bits per heavy atom. The van der Waals surface area contributed by atoms with Crippen LogP contribution in [0.15, 0.2) is 15.2 Å². The second kappa shape index (κ2) is 15.2. The number of methoxy groups -OCH3 is 2. The van der Waals surface area contributed by atoms with Crippen molar-refractivity contribution in [3.63, 3.8) is 0 Å². The molecule has 1 aromatic rings. The first-order chi connectivity index (χ1) is 15.8. The number of esters is 2. The van der Waals surface area contributed by atoms with Crippen LogP contribution in [-0.4, -0.2) is 101 Å². The third kappa shape index (κ3) is 9.99. The third-order valence-corrected chi connectivity index (χ3v) is 5.49. The van der Waals surface area contributed by atoms with E-state index in [0.717, 1.165) is 14.2 Å². The standard InChI is InChI=1S/C15H20N10O6S2/c1-17-10(14(28)30-2)23-20-8(16)12(26)18-4-6-32-33-7-5-19-13(27)9-21-24-11(25-22-9)15(29)31-3/h1,4-7H2,2-3H3,(H2,16,20)(H,18,26)(H,19,27)/b23-10-. The van der Waals surface area contributed by atoms with Crippen LogP contribution in [0, 0.1) is 0 Å². The van der Waals surface area contributed by atoms with Crippen LogP contribution in [0.5, 0.6) is 0 Å². The Morgan fingerprint density at radius 1 is 0.939 bits per heavy atom. The third-order valence-electron chi connectivity index (χ3n) is 3.08. The quantitative estimate of drug-likeness (QED) is 0.0776. The van der Waals surface area contributed by atoms with Crippen LogP contribution in [-0.2, 0) is 19.1 Å². The van der Waals surface area contributed by atoms with E-state index >= 15 is 0 Å². The summed E-state index contributed by atoms with van der Waals surface area (Å²) in [5, 5.41) is 25.8. The van der Waals surface area contributed by atoms with Gasteiger partial charge in [0.25, 0.3) is 29.3 Å². The zero-order valence-corrected chi connectivity index (χ0v) is 19.1. The van der Waals surface area contributed by atoms with Gasteiger partial charge in [0.05, 0.1) is 14.2 Å². The van der Waals surface area contributed by atoms with Crippen molar-refractivity contribution < 1.29 is 28.7 Å². The lowest BCUT2D eigenvalue weighted by Crippen LogP contribution is -2.37. The molecule has 0 unspecified atom stereocenters. The predicted octanol–water partition coefficient (Wildman–Crippen LogP) is -2.18. The molecule has 178 valence electrons. The number of aliphatic imine (C=N–C) groups is 1. The largest absolute Gasteiger partial charge is 0.463 e. The Kier molecular flexibility index (Phi) is 12.6. The van der Waals surface area contributed by atoms with Gasteiger partial charge in [0.1, 0.15) is 0 Å². The van der Waals surface area contributed by atoms with Crippen molar-refractivity contribution in [1.82, 2.24) is 31.0 Å². The molecule has 1 rings (SSSR count). The van der Waals surface area contributed by atoms with Gasteiger partial charge in [0, 0.05) is 24.6 Å². The van der Waals surface area contributed by atoms with Crippen LogP contribution in [0.3, 0.4) is 0 Å². The molecule has 4 N–H and O–H groups in total. The summed E-state index contributed by atoms with van der Waals surface area (Å²) >= 11 is 0. The molecule has 18 heteroatoms. The van der Waals surface area contributed by atoms with E-state index in [4.69, 9.17) is 5.73 Å². The lowest BCUT2D eigenvalue weighted by molar-refractivity contribution is -0.132. The number of nitrogens with zero attached hydrogens (tertiary/aromatic N) is 7. The highest BCUT2D eigenvalue weighted by molar-refractivity contribution is 8.76. The molecule has 0 aliphatic carbocycles. The molecule has 16 nitrogen and oxygen atoms in total. The smallest absolute Gasteiger partial charge is 0.379 e. The van der Waals surface area contributed by atoms with Gasteiger partial charge in [0.2, 0.25) is 5.84 Å². The minimum atomic E-state index is -0.871. The number of hydrogen-bond donors (Lipinski definition) is 3. The number of amides is 2. The minimum absolute atomic E-state index is 0.282. The van der Waals surface area contributed by atoms with Crippen molar-refractivity contribution in [1.29, 1.82) is 0 Å². The van der Waals surface area contributed by atoms with Crippen molar-refractivity contribution >= 4 is 63.7 Å². The second-order valence-corrected chi connectivity index (χ2v) is 7.96. The van der Waals surface area contributed by atoms with E-state index in [-0.39, 0.29) is 18.2 Å². The minimum Gasteiger partial charge on any atom is -0.463 e. The van der Waals surface area contributed by atoms with Crippen LogP contribution in [0.4, 0.5) is 0 Å². The molecule has 0 fully saturated rings. The van der Waals surface area contributed by atoms with Crippen molar-refractivity contribution in [3.05, 3.63) is 11.6 Å². The fourth-order valence-corrected chi connectivity index (χ4v) is 3.38. The molecule has 0 aliphatic heterocycles. The Balaban J connectivity index is 2.23. The SMILES string of the molecule is C=N/C(=N\N=C(/N)C(=O)NCCSSCCNC(=O)c1nnc(C(=O)OC)nn1)C(=O)OC. The van der Waals surface area contributed by atoms with Crippen molar-refractivity contribution in [2.24, 2.45) is 20.9 Å². The summed E-state index contributed by atoms with van der Waals surface area (Å²) in [5.74, 6) is -3.41. The number of nitrogens with two attached hydrogens (primary N) is 1. The molecule has 33 heavy (non-hydrogen) atoms. The summed E-state index contributed by atoms with van der Waals surface area (Å²) in [4.78, 5) is 49.4. The maximum absolute atomic E-state index is 11.9. The van der Waals surface area contributed by atoms with Gasteiger partial charge in [-0.3, -0.25) is 9.59 Å². The fourth-order valence-electron chi connectivity index (χ4n) is 1.57. The van der Waals surface area contributed by atoms with Gasteiger partial charge in [-0.25, -0.2) is 14.6 Å². The number of ether oxygens (including phenoxy) is 2. The molecule has 0 aliphatic rings. The summed E-state index contributed by atoms with van der Waals surface area (Å²) in [6.07, 6.45) is 0. The van der Waals surface area contributed by atoms with Gasteiger partial charge >= 0.3 is 11.9 Å². The van der Waals surface area contributed by atoms with Gasteiger partial charge in [-0.1, -0.05) is 21.6 Å². The molecule has 0 bridgehead atoms. The highest BCUT2D eigenvalue weighted by Crippen LogP contribution is 2.19. The second-order valence-electron chi connectivity index (χ2n) is 5.25. The first kappa shape index (κ1) is 27.4. The maximum atomic E-state index is 11.9. The summed E-state index contributed by atoms with van der Waals surface area (Å²) < 4.78 is 8.80. The molecule has 0 atom stereocenters. The molecule has 0 aromatic carbocycles. The molecule has 0 saturated heterocycles. The Labute approximate surface area is 195 Å². The number of aromatic nitrogens is 4. The number of carbonyl (C=O) groups excluding carboxylic acids is 4. The van der Waals surface area contributed by atoms with E-state index in [9.17, 15) is 19.2 Å². The first-order valence-electron chi connectivity index (χ1n) is 8.76. The van der Waals surface area contributed by atoms with E-state index in [1.54, 1.807) is 0 Å². The highest BCUT2D eigenvalue weighted by Gasteiger charge is 2.15. The number of carbonyl (C=O) groups is 4. The average Bonchev–Trinajstić information content (AvgIpc) is 2.84. The molecular formula is C15H20N10O6S2. The highest BCUT2D eigenvalue weighted by atomic mass is 33.1. The number of amidine groups is 2. The van der Waals surface area contributed by atoms with Crippen LogP contribution in [0.25, 0.3) is 0 Å². The first-order valence-corrected chi connectivity index (χ1v) is 11.3. The Morgan fingerprint density at radius 2 is 1.52 bits per heavy atom. The molecule has 0 spiro atoms. The van der Waals surface area contributed by atoms with Gasteiger partial charge in [-0.2, -0.15) is 0 Å². The summed E-state index contributed by atoms with van der Waals surface area (Å²) in [5.41, 5.74) is 5.47. The fraction of sp³-hybridized carbons (Fsp3) is 0.400. The lowest BCUT2D eigenvalue weighted by Gasteiger charge is -2.05. The Bertz CT molecular complexity index is 924. The zero-order chi connectivity index (χ0) is 24.6. The van der Waals surface area contributed by atoms with Crippen LogP contribution < -0.4 is 16.4 Å². The molecule has 1 aromatic heterocycles. The number of rotatable bonds is 10. The van der Waals surface area contributed by atoms with E-state index in [2.05, 4.69) is 62.4 Å². The van der Waals surface area contributed by atoms with Gasteiger partial charge in [0.15, 0.2) is 0 Å². The topological polar surface area (TPSA) is 225 Å². The van der Waals surface area contributed by atoms with E-state index < -0.39 is 35.4 Å². The molecular weight excluding hydrogens is 480 g/mol. The molecule has 0 radical (unpaired) electrons. The van der Waals surface area contributed by atoms with Gasteiger partial charge in [-0.05, 0) is 6.72 Å². The van der Waals surface area contributed by atoms with Crippen molar-refractivity contribution in [3.8, 4) is 0 Å². The summed E-state index contributed by atoms with van der Waals surface area (Å²) in [6, 6.07) is 0. The monoisotopic (exact) mass is 500 g/mol. The summed E-state index contributed by atoms with van der Waals surface area (Å²) in [6.45, 7) is 3.72. The van der Waals surface area contributed by atoms with Crippen molar-refractivity contribution in [2.45, 2.75) is 0 Å². The lowest BCUT2D eigenvalue weighted by atomic mass is 10.5. The summed E-state index contributed by atoms with van der Waals surface area (Å²) in [7, 11) is 5.17. The van der Waals surface area contributed by atoms with Gasteiger partial charge in [-0.15, -0.1) is 30.6 Å². The van der Waals surface area contributed by atoms with Crippen LogP contribution in [0.2, 0.25) is 0 Å². The number of nitrogens with one attached hydrogen (secondary N) is 2. The number of hydrogen-bond acceptors (Lipinski definition) is 14. The predicted molar refractivity (Wildman–Crippen MR) is 120 cm³/mol. The van der Waals surface area contributed by atoms with E-state index in [1.807, 2.05) is 0 Å². The average molecular weight is 501 g/mol. The van der Waals surface area contributed by atoms with Crippen molar-refractivity contribution in [2.75, 3.05) is 38.8 Å². The molecule has 2 amide bonds. The van der Waals surface area contributed by atoms with Crippen LogP contribution >= 0.6 is 21.6 Å². The maximum Gasteiger partial charge on any atom is 0.379 e. The van der Waals surface area contributed by atoms with E-state index in [0.29, 0.717) is 18.1 Å². The molecule has 1 heterocycles. The molecule has 0 saturated carbocycles. The van der Waals surface area contributed by atoms with E-state index in [1.165, 1.54) is 21.6 Å². The zero-order valence-electron chi connectivity index (χ0n) is 17.5. The Hall–Kier alpha value is -3.67.